The van der Waals surface area contributed by atoms with Crippen molar-refractivity contribution >= 4 is 23.8 Å². The maximum atomic E-state index is 12.4. The van der Waals surface area contributed by atoms with Gasteiger partial charge in [0.2, 0.25) is 5.91 Å². The summed E-state index contributed by atoms with van der Waals surface area (Å²) in [5.41, 5.74) is 2.35. The van der Waals surface area contributed by atoms with Crippen LogP contribution in [0.25, 0.3) is 11.4 Å². The number of H-pyrrole nitrogens is 1. The van der Waals surface area contributed by atoms with E-state index < -0.39 is 6.61 Å². The van der Waals surface area contributed by atoms with Crippen molar-refractivity contribution in [1.82, 2.24) is 14.8 Å². The fourth-order valence-corrected chi connectivity index (χ4v) is 2.73. The van der Waals surface area contributed by atoms with E-state index in [2.05, 4.69) is 20.3 Å². The summed E-state index contributed by atoms with van der Waals surface area (Å²) >= 11 is 5.22. The third-order valence-corrected chi connectivity index (χ3v) is 4.01. The van der Waals surface area contributed by atoms with Crippen molar-refractivity contribution in [1.29, 1.82) is 0 Å². The van der Waals surface area contributed by atoms with E-state index in [1.807, 2.05) is 31.2 Å². The molecule has 3 aromatic rings. The molecule has 1 aromatic heterocycles. The van der Waals surface area contributed by atoms with Crippen LogP contribution in [0.4, 0.5) is 14.5 Å². The highest BCUT2D eigenvalue weighted by atomic mass is 32.1. The fraction of sp³-hybridized carbons (Fsp3) is 0.167. The van der Waals surface area contributed by atoms with Gasteiger partial charge in [-0.15, -0.1) is 0 Å². The van der Waals surface area contributed by atoms with Crippen molar-refractivity contribution in [3.05, 3.63) is 58.9 Å². The SMILES string of the molecule is Cc1cccc(-c2n[nH]c(=S)n2CC(=O)Nc2ccc(OC(F)F)cc2)c1. The molecule has 1 heterocycles. The molecule has 0 radical (unpaired) electrons. The lowest BCUT2D eigenvalue weighted by Crippen LogP contribution is -2.19. The molecule has 27 heavy (non-hydrogen) atoms. The standard InChI is InChI=1S/C18H16F2N4O2S/c1-11-3-2-4-12(9-11)16-22-23-18(27)24(16)10-15(25)21-13-5-7-14(8-6-13)26-17(19)20/h2-9,17H,10H2,1H3,(H,21,25)(H,23,27). The quantitative estimate of drug-likeness (QED) is 0.620. The zero-order valence-corrected chi connectivity index (χ0v) is 15.1. The molecule has 0 saturated carbocycles. The van der Waals surface area contributed by atoms with Crippen LogP contribution < -0.4 is 10.1 Å². The first-order valence-electron chi connectivity index (χ1n) is 7.99. The average molecular weight is 390 g/mol. The number of carbonyl (C=O) groups is 1. The van der Waals surface area contributed by atoms with Gasteiger partial charge in [0.25, 0.3) is 0 Å². The summed E-state index contributed by atoms with van der Waals surface area (Å²) in [6.45, 7) is -0.981. The molecule has 0 spiro atoms. The number of hydrogen-bond donors (Lipinski definition) is 2. The Kier molecular flexibility index (Phi) is 5.60. The molecule has 2 N–H and O–H groups in total. The van der Waals surface area contributed by atoms with Crippen molar-refractivity contribution in [2.45, 2.75) is 20.1 Å². The highest BCUT2D eigenvalue weighted by Crippen LogP contribution is 2.20. The zero-order valence-electron chi connectivity index (χ0n) is 14.3. The number of aryl methyl sites for hydroxylation is 1. The third-order valence-electron chi connectivity index (χ3n) is 3.70. The van der Waals surface area contributed by atoms with Crippen LogP contribution in [0.5, 0.6) is 5.75 Å². The minimum atomic E-state index is -2.89. The molecular weight excluding hydrogens is 374 g/mol. The summed E-state index contributed by atoms with van der Waals surface area (Å²) in [4.78, 5) is 12.4. The second-order valence-corrected chi connectivity index (χ2v) is 6.15. The molecule has 0 atom stereocenters. The molecule has 9 heteroatoms. The number of carbonyl (C=O) groups excluding carboxylic acids is 1. The van der Waals surface area contributed by atoms with Crippen LogP contribution in [0.2, 0.25) is 0 Å². The van der Waals surface area contributed by atoms with Crippen molar-refractivity contribution in [3.8, 4) is 17.1 Å². The Balaban J connectivity index is 1.73. The lowest BCUT2D eigenvalue weighted by molar-refractivity contribution is -0.116. The van der Waals surface area contributed by atoms with Crippen LogP contribution in [-0.2, 0) is 11.3 Å². The number of benzene rings is 2. The molecule has 0 aliphatic rings. The molecule has 0 aliphatic carbocycles. The summed E-state index contributed by atoms with van der Waals surface area (Å²) < 4.78 is 30.5. The molecule has 0 fully saturated rings. The van der Waals surface area contributed by atoms with Crippen LogP contribution in [0.3, 0.4) is 0 Å². The van der Waals surface area contributed by atoms with Crippen LogP contribution in [0.1, 0.15) is 5.56 Å². The Bertz CT molecular complexity index is 999. The predicted octanol–water partition coefficient (Wildman–Crippen LogP) is 4.16. The largest absolute Gasteiger partial charge is 0.435 e. The summed E-state index contributed by atoms with van der Waals surface area (Å²) in [7, 11) is 0. The van der Waals surface area contributed by atoms with Crippen molar-refractivity contribution < 1.29 is 18.3 Å². The topological polar surface area (TPSA) is 71.9 Å². The van der Waals surface area contributed by atoms with Gasteiger partial charge in [-0.25, -0.2) is 0 Å². The van der Waals surface area contributed by atoms with Gasteiger partial charge < -0.3 is 10.1 Å². The summed E-state index contributed by atoms with van der Waals surface area (Å²) in [6.07, 6.45) is 0. The Morgan fingerprint density at radius 2 is 2.04 bits per heavy atom. The van der Waals surface area contributed by atoms with Crippen molar-refractivity contribution in [3.63, 3.8) is 0 Å². The first-order valence-corrected chi connectivity index (χ1v) is 8.40. The smallest absolute Gasteiger partial charge is 0.387 e. The number of aromatic nitrogens is 3. The van der Waals surface area contributed by atoms with E-state index in [9.17, 15) is 13.6 Å². The van der Waals surface area contributed by atoms with Gasteiger partial charge in [-0.2, -0.15) is 13.9 Å². The summed E-state index contributed by atoms with van der Waals surface area (Å²) in [6, 6.07) is 13.3. The normalized spacial score (nSPS) is 10.8. The van der Waals surface area contributed by atoms with Crippen molar-refractivity contribution in [2.75, 3.05) is 5.32 Å². The molecular formula is C18H16F2N4O2S. The van der Waals surface area contributed by atoms with Crippen LogP contribution in [0.15, 0.2) is 48.5 Å². The molecule has 0 saturated heterocycles. The van der Waals surface area contributed by atoms with Crippen LogP contribution in [0, 0.1) is 11.7 Å². The second-order valence-electron chi connectivity index (χ2n) is 5.76. The van der Waals surface area contributed by atoms with E-state index in [-0.39, 0.29) is 18.2 Å². The van der Waals surface area contributed by atoms with Gasteiger partial charge in [0.1, 0.15) is 12.3 Å². The zero-order chi connectivity index (χ0) is 19.4. The Labute approximate surface area is 158 Å². The number of anilines is 1. The molecule has 0 aliphatic heterocycles. The number of halogens is 2. The molecule has 3 rings (SSSR count). The van der Waals surface area contributed by atoms with E-state index >= 15 is 0 Å². The number of nitrogens with one attached hydrogen (secondary N) is 2. The monoisotopic (exact) mass is 390 g/mol. The molecule has 140 valence electrons. The van der Waals surface area contributed by atoms with Gasteiger partial charge in [-0.1, -0.05) is 23.8 Å². The van der Waals surface area contributed by atoms with E-state index in [1.165, 1.54) is 24.3 Å². The number of alkyl halides is 2. The fourth-order valence-electron chi connectivity index (χ4n) is 2.53. The van der Waals surface area contributed by atoms with Gasteiger partial charge in [0.05, 0.1) is 0 Å². The number of ether oxygens (including phenoxy) is 1. The summed E-state index contributed by atoms with van der Waals surface area (Å²) in [5, 5.41) is 9.59. The highest BCUT2D eigenvalue weighted by Gasteiger charge is 2.13. The number of hydrogen-bond acceptors (Lipinski definition) is 4. The Hall–Kier alpha value is -3.07. The number of nitrogens with zero attached hydrogens (tertiary/aromatic N) is 2. The molecule has 2 aromatic carbocycles. The molecule has 6 nitrogen and oxygen atoms in total. The van der Waals surface area contributed by atoms with Gasteiger partial charge in [0, 0.05) is 11.3 Å². The van der Waals surface area contributed by atoms with Crippen molar-refractivity contribution in [2.24, 2.45) is 0 Å². The lowest BCUT2D eigenvalue weighted by Gasteiger charge is -2.09. The average Bonchev–Trinajstić information content (AvgIpc) is 2.97. The third kappa shape index (κ3) is 4.76. The number of aromatic amines is 1. The van der Waals surface area contributed by atoms with E-state index in [0.717, 1.165) is 11.1 Å². The first-order chi connectivity index (χ1) is 12.9. The second kappa shape index (κ2) is 8.09. The van der Waals surface area contributed by atoms with E-state index in [1.54, 1.807) is 4.57 Å². The van der Waals surface area contributed by atoms with Crippen LogP contribution >= 0.6 is 12.2 Å². The Morgan fingerprint density at radius 3 is 2.70 bits per heavy atom. The maximum Gasteiger partial charge on any atom is 0.387 e. The summed E-state index contributed by atoms with van der Waals surface area (Å²) in [5.74, 6) is 0.241. The highest BCUT2D eigenvalue weighted by molar-refractivity contribution is 7.71. The molecule has 0 bridgehead atoms. The minimum Gasteiger partial charge on any atom is -0.435 e. The van der Waals surface area contributed by atoms with E-state index in [0.29, 0.717) is 16.3 Å². The number of amides is 1. The predicted molar refractivity (Wildman–Crippen MR) is 99.3 cm³/mol. The first kappa shape index (κ1) is 18.7. The Morgan fingerprint density at radius 1 is 1.30 bits per heavy atom. The number of rotatable bonds is 6. The maximum absolute atomic E-state index is 12.4. The molecule has 0 unspecified atom stereocenters. The molecule has 1 amide bonds. The lowest BCUT2D eigenvalue weighted by atomic mass is 10.1. The van der Waals surface area contributed by atoms with Gasteiger partial charge >= 0.3 is 6.61 Å². The van der Waals surface area contributed by atoms with Gasteiger partial charge in [0.15, 0.2) is 10.6 Å². The van der Waals surface area contributed by atoms with Crippen LogP contribution in [-0.4, -0.2) is 27.3 Å². The van der Waals surface area contributed by atoms with Gasteiger partial charge in [-0.3, -0.25) is 14.5 Å². The van der Waals surface area contributed by atoms with E-state index in [4.69, 9.17) is 12.2 Å². The van der Waals surface area contributed by atoms with Gasteiger partial charge in [-0.05, 0) is 49.5 Å². The minimum absolute atomic E-state index is 0.0155.